The van der Waals surface area contributed by atoms with Gasteiger partial charge in [0.1, 0.15) is 42.7 Å². The van der Waals surface area contributed by atoms with Crippen molar-refractivity contribution in [2.45, 2.75) is 88.6 Å². The summed E-state index contributed by atoms with van der Waals surface area (Å²) in [6.07, 6.45) is -8.77. The number of hydrogen-bond acceptors (Lipinski definition) is 11. The third-order valence-electron chi connectivity index (χ3n) is 5.53. The Bertz CT molecular complexity index is 635. The van der Waals surface area contributed by atoms with Crippen molar-refractivity contribution in [3.05, 3.63) is 23.3 Å². The first-order valence-electron chi connectivity index (χ1n) is 10.6. The zero-order chi connectivity index (χ0) is 24.0. The average Bonchev–Trinajstić information content (AvgIpc) is 3.04. The van der Waals surface area contributed by atoms with E-state index in [4.69, 9.17) is 24.1 Å². The molecule has 2 aliphatic heterocycles. The van der Waals surface area contributed by atoms with E-state index in [9.17, 15) is 30.6 Å². The van der Waals surface area contributed by atoms with Gasteiger partial charge in [-0.2, -0.15) is 0 Å². The summed E-state index contributed by atoms with van der Waals surface area (Å²) in [5, 5.41) is 69.4. The minimum atomic E-state index is -1.58. The van der Waals surface area contributed by atoms with Gasteiger partial charge in [0.15, 0.2) is 12.6 Å². The van der Waals surface area contributed by atoms with Crippen LogP contribution >= 0.6 is 0 Å². The quantitative estimate of drug-likeness (QED) is 0.177. The van der Waals surface area contributed by atoms with Crippen LogP contribution in [0.2, 0.25) is 0 Å². The minimum Gasteiger partial charge on any atom is -0.394 e. The molecule has 0 unspecified atom stereocenters. The lowest BCUT2D eigenvalue weighted by Gasteiger charge is -2.40. The van der Waals surface area contributed by atoms with Gasteiger partial charge in [0.05, 0.1) is 25.9 Å². The fourth-order valence-corrected chi connectivity index (χ4v) is 3.33. The zero-order valence-electron chi connectivity index (χ0n) is 18.5. The molecule has 0 radical (unpaired) electrons. The standard InChI is InChI=1S/C21H36O11/c1-10(2)4-5-12(23)11(3)6-7-29-20-19(28)17(26)16(25)14(32-20)9-30-21-18(27)15(24)13(8-22)31-21/h4,6,12-28H,5,7-9H2,1-3H3/b11-6+/t12-,13-,14+,15-,16+,17-,18+,19+,20+,21+/m0/s1. The largest absolute Gasteiger partial charge is 0.394 e. The fourth-order valence-electron chi connectivity index (χ4n) is 3.33. The molecule has 0 aromatic rings. The SMILES string of the molecule is CC(C)=CC[C@H](O)/C(C)=C/CO[C@@H]1O[C@H](CO[C@@H]2O[C@@H](CO)[C@H](O)[C@H]2O)[C@@H](O)[C@H](O)[C@H]1O. The molecule has 32 heavy (non-hydrogen) atoms. The highest BCUT2D eigenvalue weighted by Crippen LogP contribution is 2.26. The third kappa shape index (κ3) is 7.02. The van der Waals surface area contributed by atoms with Crippen LogP contribution in [0.15, 0.2) is 23.3 Å². The second-order valence-corrected chi connectivity index (χ2v) is 8.37. The van der Waals surface area contributed by atoms with Crippen LogP contribution in [0.5, 0.6) is 0 Å². The van der Waals surface area contributed by atoms with Crippen LogP contribution in [0.1, 0.15) is 27.2 Å². The first-order valence-corrected chi connectivity index (χ1v) is 10.6. The van der Waals surface area contributed by atoms with Crippen LogP contribution in [-0.2, 0) is 18.9 Å². The highest BCUT2D eigenvalue weighted by Gasteiger charge is 2.47. The van der Waals surface area contributed by atoms with Gasteiger partial charge in [-0.15, -0.1) is 0 Å². The number of aliphatic hydroxyl groups excluding tert-OH is 7. The van der Waals surface area contributed by atoms with E-state index in [-0.39, 0.29) is 13.2 Å². The molecular formula is C21H36O11. The number of allylic oxidation sites excluding steroid dienone is 1. The van der Waals surface area contributed by atoms with Gasteiger partial charge in [-0.25, -0.2) is 0 Å². The molecule has 186 valence electrons. The highest BCUT2D eigenvalue weighted by molar-refractivity contribution is 5.08. The van der Waals surface area contributed by atoms with E-state index in [0.717, 1.165) is 5.57 Å². The molecule has 7 N–H and O–H groups in total. The molecule has 0 aromatic carbocycles. The van der Waals surface area contributed by atoms with Crippen molar-refractivity contribution in [2.75, 3.05) is 19.8 Å². The second-order valence-electron chi connectivity index (χ2n) is 8.37. The summed E-state index contributed by atoms with van der Waals surface area (Å²) in [4.78, 5) is 0. The van der Waals surface area contributed by atoms with Crippen molar-refractivity contribution >= 4 is 0 Å². The number of aliphatic hydroxyl groups is 7. The molecule has 2 aliphatic rings. The van der Waals surface area contributed by atoms with Crippen LogP contribution in [0, 0.1) is 0 Å². The Morgan fingerprint density at radius 3 is 1.97 bits per heavy atom. The molecule has 2 saturated heterocycles. The smallest absolute Gasteiger partial charge is 0.187 e. The van der Waals surface area contributed by atoms with E-state index in [1.165, 1.54) is 0 Å². The van der Waals surface area contributed by atoms with E-state index in [1.807, 2.05) is 19.9 Å². The Morgan fingerprint density at radius 1 is 0.812 bits per heavy atom. The fraction of sp³-hybridized carbons (Fsp3) is 0.810. The second kappa shape index (κ2) is 12.5. The molecule has 0 saturated carbocycles. The van der Waals surface area contributed by atoms with E-state index < -0.39 is 68.0 Å². The summed E-state index contributed by atoms with van der Waals surface area (Å²) in [5.41, 5.74) is 1.75. The summed E-state index contributed by atoms with van der Waals surface area (Å²) in [7, 11) is 0. The first-order chi connectivity index (χ1) is 15.1. The average molecular weight is 465 g/mol. The van der Waals surface area contributed by atoms with Crippen LogP contribution in [0.3, 0.4) is 0 Å². The number of hydrogen-bond donors (Lipinski definition) is 7. The first kappa shape index (κ1) is 27.3. The summed E-state index contributed by atoms with van der Waals surface area (Å²) in [6.45, 7) is 4.71. The highest BCUT2D eigenvalue weighted by atomic mass is 16.7. The topological polar surface area (TPSA) is 179 Å². The molecule has 0 bridgehead atoms. The van der Waals surface area contributed by atoms with Crippen molar-refractivity contribution in [1.29, 1.82) is 0 Å². The monoisotopic (exact) mass is 464 g/mol. The predicted octanol–water partition coefficient (Wildman–Crippen LogP) is -2.07. The van der Waals surface area contributed by atoms with Gasteiger partial charge in [-0.3, -0.25) is 0 Å². The minimum absolute atomic E-state index is 0.0232. The molecule has 2 fully saturated rings. The molecule has 11 nitrogen and oxygen atoms in total. The maximum atomic E-state index is 10.2. The lowest BCUT2D eigenvalue weighted by Crippen LogP contribution is -2.59. The Kier molecular flexibility index (Phi) is 10.6. The lowest BCUT2D eigenvalue weighted by atomic mass is 9.99. The zero-order valence-corrected chi connectivity index (χ0v) is 18.5. The Morgan fingerprint density at radius 2 is 1.38 bits per heavy atom. The molecule has 10 atom stereocenters. The lowest BCUT2D eigenvalue weighted by molar-refractivity contribution is -0.308. The van der Waals surface area contributed by atoms with Crippen molar-refractivity contribution in [2.24, 2.45) is 0 Å². The van der Waals surface area contributed by atoms with Crippen LogP contribution in [0.25, 0.3) is 0 Å². The molecule has 11 heteroatoms. The normalized spacial score (nSPS) is 39.2. The maximum absolute atomic E-state index is 10.2. The van der Waals surface area contributed by atoms with Crippen LogP contribution < -0.4 is 0 Å². The molecule has 2 rings (SSSR count). The van der Waals surface area contributed by atoms with Crippen molar-refractivity contribution in [1.82, 2.24) is 0 Å². The number of rotatable bonds is 10. The van der Waals surface area contributed by atoms with Gasteiger partial charge in [-0.1, -0.05) is 17.7 Å². The molecule has 0 amide bonds. The Labute approximate surface area is 187 Å². The van der Waals surface area contributed by atoms with Gasteiger partial charge < -0.3 is 54.7 Å². The van der Waals surface area contributed by atoms with Gasteiger partial charge in [0.2, 0.25) is 0 Å². The maximum Gasteiger partial charge on any atom is 0.187 e. The summed E-state index contributed by atoms with van der Waals surface area (Å²) in [6, 6.07) is 0. The summed E-state index contributed by atoms with van der Waals surface area (Å²) >= 11 is 0. The van der Waals surface area contributed by atoms with Crippen molar-refractivity contribution in [3.8, 4) is 0 Å². The molecule has 2 heterocycles. The van der Waals surface area contributed by atoms with Gasteiger partial charge in [0.25, 0.3) is 0 Å². The predicted molar refractivity (Wildman–Crippen MR) is 110 cm³/mol. The van der Waals surface area contributed by atoms with E-state index in [1.54, 1.807) is 13.0 Å². The summed E-state index contributed by atoms with van der Waals surface area (Å²) in [5.74, 6) is 0. The number of ether oxygens (including phenoxy) is 4. The molecule has 0 aliphatic carbocycles. The molecule has 0 spiro atoms. The van der Waals surface area contributed by atoms with Gasteiger partial charge >= 0.3 is 0 Å². The van der Waals surface area contributed by atoms with E-state index >= 15 is 0 Å². The van der Waals surface area contributed by atoms with Crippen molar-refractivity contribution in [3.63, 3.8) is 0 Å². The van der Waals surface area contributed by atoms with Gasteiger partial charge in [0, 0.05) is 0 Å². The summed E-state index contributed by atoms with van der Waals surface area (Å²) < 4.78 is 21.5. The molecular weight excluding hydrogens is 428 g/mol. The van der Waals surface area contributed by atoms with Crippen molar-refractivity contribution < 1.29 is 54.7 Å². The van der Waals surface area contributed by atoms with E-state index in [2.05, 4.69) is 0 Å². The van der Waals surface area contributed by atoms with Crippen LogP contribution in [0.4, 0.5) is 0 Å². The third-order valence-corrected chi connectivity index (χ3v) is 5.53. The van der Waals surface area contributed by atoms with Gasteiger partial charge in [-0.05, 0) is 32.8 Å². The Balaban J connectivity index is 1.90. The molecule has 0 aromatic heterocycles. The van der Waals surface area contributed by atoms with E-state index in [0.29, 0.717) is 12.0 Å². The van der Waals surface area contributed by atoms with Crippen LogP contribution in [-0.4, -0.2) is 117 Å². The Hall–Kier alpha value is -0.960.